The summed E-state index contributed by atoms with van der Waals surface area (Å²) >= 11 is 0. The topological polar surface area (TPSA) is 74.2 Å². The SMILES string of the molecule is COc1cc(OC)cc(OCC(=O)N=C=O)c1. The lowest BCUT2D eigenvalue weighted by Crippen LogP contribution is -2.08. The molecule has 0 bridgehead atoms. The molecular weight excluding hydrogens is 226 g/mol. The van der Waals surface area contributed by atoms with Gasteiger partial charge in [-0.1, -0.05) is 0 Å². The van der Waals surface area contributed by atoms with Gasteiger partial charge in [-0.05, 0) is 0 Å². The molecule has 1 aromatic carbocycles. The van der Waals surface area contributed by atoms with Crippen molar-refractivity contribution in [2.45, 2.75) is 0 Å². The first-order valence-corrected chi connectivity index (χ1v) is 4.66. The molecule has 6 heteroatoms. The van der Waals surface area contributed by atoms with Crippen molar-refractivity contribution in [3.05, 3.63) is 18.2 Å². The van der Waals surface area contributed by atoms with Gasteiger partial charge < -0.3 is 14.2 Å². The monoisotopic (exact) mass is 237 g/mol. The van der Waals surface area contributed by atoms with E-state index in [-0.39, 0.29) is 6.61 Å². The van der Waals surface area contributed by atoms with E-state index >= 15 is 0 Å². The van der Waals surface area contributed by atoms with E-state index in [1.807, 2.05) is 0 Å². The smallest absolute Gasteiger partial charge is 0.294 e. The van der Waals surface area contributed by atoms with Crippen molar-refractivity contribution in [1.82, 2.24) is 0 Å². The van der Waals surface area contributed by atoms with Crippen molar-refractivity contribution in [1.29, 1.82) is 0 Å². The normalized spacial score (nSPS) is 9.06. The third-order valence-corrected chi connectivity index (χ3v) is 1.86. The molecule has 0 atom stereocenters. The molecule has 6 nitrogen and oxygen atoms in total. The molecule has 0 N–H and O–H groups in total. The molecule has 90 valence electrons. The molecule has 0 aliphatic rings. The van der Waals surface area contributed by atoms with E-state index in [1.54, 1.807) is 18.2 Å². The van der Waals surface area contributed by atoms with Crippen molar-refractivity contribution < 1.29 is 23.8 Å². The van der Waals surface area contributed by atoms with Crippen LogP contribution in [-0.2, 0) is 9.59 Å². The van der Waals surface area contributed by atoms with Crippen LogP contribution in [0.4, 0.5) is 0 Å². The van der Waals surface area contributed by atoms with Gasteiger partial charge in [-0.3, -0.25) is 4.79 Å². The van der Waals surface area contributed by atoms with Crippen LogP contribution in [-0.4, -0.2) is 32.8 Å². The van der Waals surface area contributed by atoms with Crippen LogP contribution in [0.5, 0.6) is 17.2 Å². The van der Waals surface area contributed by atoms with Gasteiger partial charge in [-0.15, -0.1) is 4.99 Å². The first kappa shape index (κ1) is 12.7. The molecule has 0 radical (unpaired) electrons. The van der Waals surface area contributed by atoms with E-state index in [9.17, 15) is 9.59 Å². The van der Waals surface area contributed by atoms with Crippen LogP contribution >= 0.6 is 0 Å². The van der Waals surface area contributed by atoms with Crippen LogP contribution in [0.1, 0.15) is 0 Å². The maximum absolute atomic E-state index is 10.9. The van der Waals surface area contributed by atoms with E-state index in [1.165, 1.54) is 14.2 Å². The summed E-state index contributed by atoms with van der Waals surface area (Å²) in [5.41, 5.74) is 0. The average molecular weight is 237 g/mol. The Bertz CT molecular complexity index is 429. The van der Waals surface area contributed by atoms with Crippen LogP contribution < -0.4 is 14.2 Å². The highest BCUT2D eigenvalue weighted by Gasteiger charge is 2.05. The van der Waals surface area contributed by atoms with Crippen molar-refractivity contribution in [3.8, 4) is 17.2 Å². The molecule has 1 rings (SSSR count). The molecular formula is C11H11NO5. The second-order valence-corrected chi connectivity index (χ2v) is 2.93. The number of isocyanates is 1. The van der Waals surface area contributed by atoms with Crippen LogP contribution in [0.3, 0.4) is 0 Å². The summed E-state index contributed by atoms with van der Waals surface area (Å²) in [4.78, 5) is 23.6. The van der Waals surface area contributed by atoms with E-state index in [0.717, 1.165) is 6.08 Å². The molecule has 0 fully saturated rings. The van der Waals surface area contributed by atoms with Crippen molar-refractivity contribution >= 4 is 12.0 Å². The van der Waals surface area contributed by atoms with Gasteiger partial charge in [0.15, 0.2) is 6.61 Å². The summed E-state index contributed by atoms with van der Waals surface area (Å²) in [5, 5.41) is 0. The van der Waals surface area contributed by atoms with Gasteiger partial charge in [0.05, 0.1) is 14.2 Å². The van der Waals surface area contributed by atoms with Gasteiger partial charge in [0.25, 0.3) is 5.91 Å². The Morgan fingerprint density at radius 2 is 1.71 bits per heavy atom. The Morgan fingerprint density at radius 1 is 1.18 bits per heavy atom. The average Bonchev–Trinajstić information content (AvgIpc) is 2.36. The minimum Gasteiger partial charge on any atom is -0.496 e. The van der Waals surface area contributed by atoms with E-state index in [2.05, 4.69) is 4.99 Å². The maximum atomic E-state index is 10.9. The van der Waals surface area contributed by atoms with Gasteiger partial charge in [0.2, 0.25) is 6.08 Å². The molecule has 0 saturated carbocycles. The number of carbonyl (C=O) groups excluding carboxylic acids is 2. The van der Waals surface area contributed by atoms with Gasteiger partial charge in [0, 0.05) is 18.2 Å². The molecule has 0 aliphatic carbocycles. The zero-order chi connectivity index (χ0) is 12.7. The number of benzene rings is 1. The number of hydrogen-bond acceptors (Lipinski definition) is 5. The summed E-state index contributed by atoms with van der Waals surface area (Å²) in [6.07, 6.45) is 1.14. The number of rotatable bonds is 5. The summed E-state index contributed by atoms with van der Waals surface area (Å²) in [5.74, 6) is 0.744. The number of aliphatic imine (C=N–C) groups is 1. The summed E-state index contributed by atoms with van der Waals surface area (Å²) < 4.78 is 15.2. The zero-order valence-corrected chi connectivity index (χ0v) is 9.43. The molecule has 17 heavy (non-hydrogen) atoms. The molecule has 0 spiro atoms. The predicted molar refractivity (Wildman–Crippen MR) is 58.2 cm³/mol. The lowest BCUT2D eigenvalue weighted by molar-refractivity contribution is -0.119. The van der Waals surface area contributed by atoms with Crippen LogP contribution in [0, 0.1) is 0 Å². The first-order chi connectivity index (χ1) is 8.19. The fourth-order valence-corrected chi connectivity index (χ4v) is 1.09. The molecule has 0 saturated heterocycles. The Labute approximate surface area is 97.8 Å². The van der Waals surface area contributed by atoms with Gasteiger partial charge in [-0.25, -0.2) is 4.79 Å². The minimum absolute atomic E-state index is 0.342. The quantitative estimate of drug-likeness (QED) is 0.563. The lowest BCUT2D eigenvalue weighted by atomic mass is 10.3. The van der Waals surface area contributed by atoms with Crippen LogP contribution in [0.15, 0.2) is 23.2 Å². The highest BCUT2D eigenvalue weighted by atomic mass is 16.5. The number of hydrogen-bond donors (Lipinski definition) is 0. The molecule has 0 aromatic heterocycles. The fraction of sp³-hybridized carbons (Fsp3) is 0.273. The molecule has 1 amide bonds. The highest BCUT2D eigenvalue weighted by molar-refractivity contribution is 5.82. The zero-order valence-electron chi connectivity index (χ0n) is 9.43. The number of ether oxygens (including phenoxy) is 3. The Balaban J connectivity index is 2.76. The molecule has 0 heterocycles. The van der Waals surface area contributed by atoms with Crippen LogP contribution in [0.2, 0.25) is 0 Å². The summed E-state index contributed by atoms with van der Waals surface area (Å²) in [6.45, 7) is -0.342. The van der Waals surface area contributed by atoms with E-state index < -0.39 is 5.91 Å². The van der Waals surface area contributed by atoms with Crippen molar-refractivity contribution in [3.63, 3.8) is 0 Å². The van der Waals surface area contributed by atoms with Crippen molar-refractivity contribution in [2.75, 3.05) is 20.8 Å². The number of nitrogens with zero attached hydrogens (tertiary/aromatic N) is 1. The van der Waals surface area contributed by atoms with Gasteiger partial charge >= 0.3 is 0 Å². The number of carbonyl (C=O) groups is 1. The first-order valence-electron chi connectivity index (χ1n) is 4.66. The maximum Gasteiger partial charge on any atom is 0.294 e. The summed E-state index contributed by atoms with van der Waals surface area (Å²) in [7, 11) is 3.00. The Morgan fingerprint density at radius 3 is 2.18 bits per heavy atom. The lowest BCUT2D eigenvalue weighted by Gasteiger charge is -2.08. The highest BCUT2D eigenvalue weighted by Crippen LogP contribution is 2.27. The molecule has 1 aromatic rings. The van der Waals surface area contributed by atoms with Crippen molar-refractivity contribution in [2.24, 2.45) is 4.99 Å². The second kappa shape index (κ2) is 6.30. The summed E-state index contributed by atoms with van der Waals surface area (Å²) in [6, 6.07) is 4.83. The third kappa shape index (κ3) is 3.96. The standard InChI is InChI=1S/C11H11NO5/c1-15-8-3-9(16-2)5-10(4-8)17-6-11(14)12-7-13/h3-5H,6H2,1-2H3. The third-order valence-electron chi connectivity index (χ3n) is 1.86. The van der Waals surface area contributed by atoms with E-state index in [4.69, 9.17) is 14.2 Å². The second-order valence-electron chi connectivity index (χ2n) is 2.93. The molecule has 0 aliphatic heterocycles. The fourth-order valence-electron chi connectivity index (χ4n) is 1.09. The minimum atomic E-state index is -0.707. The largest absolute Gasteiger partial charge is 0.496 e. The van der Waals surface area contributed by atoms with E-state index in [0.29, 0.717) is 17.2 Å². The number of amides is 1. The Hall–Kier alpha value is -2.33. The van der Waals surface area contributed by atoms with Gasteiger partial charge in [0.1, 0.15) is 17.2 Å². The Kier molecular flexibility index (Phi) is 4.72. The van der Waals surface area contributed by atoms with Crippen LogP contribution in [0.25, 0.3) is 0 Å². The van der Waals surface area contributed by atoms with Gasteiger partial charge in [-0.2, -0.15) is 0 Å². The number of methoxy groups -OCH3 is 2. The molecule has 0 unspecified atom stereocenters. The predicted octanol–water partition coefficient (Wildman–Crippen LogP) is 0.945.